The van der Waals surface area contributed by atoms with Crippen LogP contribution in [0, 0.1) is 10.1 Å². The van der Waals surface area contributed by atoms with Crippen LogP contribution in [-0.2, 0) is 26.2 Å². The lowest BCUT2D eigenvalue weighted by atomic mass is 10.1. The standard InChI is InChI=1S/C26H34N4O7S/c1-4-24(26(32)27-20-10-5-6-11-20)28(17-19-9-7-14-23(15-19)37-2)25(31)18-29(38(3,35)36)21-12-8-13-22(16-21)30(33)34/h7-9,12-16,20,24H,4-6,10-11,17-18H2,1-3H3,(H,27,32)/t24-/m1/s1. The second kappa shape index (κ2) is 12.7. The number of amides is 2. The summed E-state index contributed by atoms with van der Waals surface area (Å²) in [5, 5.41) is 14.3. The van der Waals surface area contributed by atoms with Gasteiger partial charge in [0.15, 0.2) is 0 Å². The second-order valence-electron chi connectivity index (χ2n) is 9.33. The maximum Gasteiger partial charge on any atom is 0.271 e. The Morgan fingerprint density at radius 1 is 1.16 bits per heavy atom. The van der Waals surface area contributed by atoms with Crippen LogP contribution in [0.15, 0.2) is 48.5 Å². The number of rotatable bonds is 12. The molecule has 1 aliphatic carbocycles. The first-order valence-electron chi connectivity index (χ1n) is 12.5. The number of nitrogens with zero attached hydrogens (tertiary/aromatic N) is 3. The highest BCUT2D eigenvalue weighted by Gasteiger charge is 2.33. The number of sulfonamides is 1. The summed E-state index contributed by atoms with van der Waals surface area (Å²) in [7, 11) is -2.48. The van der Waals surface area contributed by atoms with Gasteiger partial charge in [-0.2, -0.15) is 0 Å². The molecule has 206 valence electrons. The zero-order valence-corrected chi connectivity index (χ0v) is 22.6. The molecule has 3 rings (SSSR count). The third kappa shape index (κ3) is 7.44. The number of methoxy groups -OCH3 is 1. The minimum absolute atomic E-state index is 0.0140. The van der Waals surface area contributed by atoms with E-state index in [0.29, 0.717) is 17.7 Å². The molecule has 1 saturated carbocycles. The molecule has 2 amide bonds. The molecule has 0 bridgehead atoms. The van der Waals surface area contributed by atoms with E-state index in [1.54, 1.807) is 31.2 Å². The Kier molecular flexibility index (Phi) is 9.67. The van der Waals surface area contributed by atoms with Gasteiger partial charge in [0.1, 0.15) is 18.3 Å². The smallest absolute Gasteiger partial charge is 0.271 e. The predicted molar refractivity (Wildman–Crippen MR) is 143 cm³/mol. The molecule has 38 heavy (non-hydrogen) atoms. The van der Waals surface area contributed by atoms with Gasteiger partial charge in [0, 0.05) is 24.7 Å². The molecule has 1 N–H and O–H groups in total. The van der Waals surface area contributed by atoms with Gasteiger partial charge in [-0.25, -0.2) is 8.42 Å². The first kappa shape index (κ1) is 28.9. The van der Waals surface area contributed by atoms with Gasteiger partial charge in [0.2, 0.25) is 21.8 Å². The molecule has 0 spiro atoms. The lowest BCUT2D eigenvalue weighted by Crippen LogP contribution is -2.53. The van der Waals surface area contributed by atoms with Crippen molar-refractivity contribution in [2.75, 3.05) is 24.2 Å². The van der Waals surface area contributed by atoms with Crippen molar-refractivity contribution in [3.63, 3.8) is 0 Å². The van der Waals surface area contributed by atoms with Gasteiger partial charge < -0.3 is 15.0 Å². The number of nitro groups is 1. The number of ether oxygens (including phenoxy) is 1. The van der Waals surface area contributed by atoms with Crippen molar-refractivity contribution in [3.8, 4) is 5.75 Å². The molecule has 2 aromatic rings. The summed E-state index contributed by atoms with van der Waals surface area (Å²) in [5.41, 5.74) is 0.380. The van der Waals surface area contributed by atoms with Crippen molar-refractivity contribution >= 4 is 33.2 Å². The first-order chi connectivity index (χ1) is 18.0. The molecule has 1 aliphatic rings. The maximum atomic E-state index is 13.8. The third-order valence-electron chi connectivity index (χ3n) is 6.58. The van der Waals surface area contributed by atoms with Crippen LogP contribution in [0.1, 0.15) is 44.6 Å². The summed E-state index contributed by atoms with van der Waals surface area (Å²) in [5.74, 6) is -0.331. The first-order valence-corrected chi connectivity index (χ1v) is 14.3. The van der Waals surface area contributed by atoms with Gasteiger partial charge >= 0.3 is 0 Å². The maximum absolute atomic E-state index is 13.8. The Hall–Kier alpha value is -3.67. The molecule has 0 aliphatic heterocycles. The lowest BCUT2D eigenvalue weighted by Gasteiger charge is -2.33. The van der Waals surface area contributed by atoms with Crippen LogP contribution in [0.25, 0.3) is 0 Å². The molecule has 2 aromatic carbocycles. The van der Waals surface area contributed by atoms with Gasteiger partial charge in [-0.3, -0.25) is 24.0 Å². The van der Waals surface area contributed by atoms with Gasteiger partial charge in [-0.05, 0) is 43.0 Å². The fourth-order valence-electron chi connectivity index (χ4n) is 4.63. The SMILES string of the molecule is CC[C@H](C(=O)NC1CCCC1)N(Cc1cccc(OC)c1)C(=O)CN(c1cccc([N+](=O)[O-])c1)S(C)(=O)=O. The highest BCUT2D eigenvalue weighted by atomic mass is 32.2. The summed E-state index contributed by atoms with van der Waals surface area (Å²) in [6.45, 7) is 1.20. The third-order valence-corrected chi connectivity index (χ3v) is 7.72. The number of nitro benzene ring substituents is 1. The Balaban J connectivity index is 1.96. The van der Waals surface area contributed by atoms with E-state index in [1.807, 2.05) is 0 Å². The minimum Gasteiger partial charge on any atom is -0.497 e. The summed E-state index contributed by atoms with van der Waals surface area (Å²) >= 11 is 0. The topological polar surface area (TPSA) is 139 Å². The normalized spacial score (nSPS) is 14.5. The highest BCUT2D eigenvalue weighted by Crippen LogP contribution is 2.25. The fourth-order valence-corrected chi connectivity index (χ4v) is 5.47. The number of nitrogens with one attached hydrogen (secondary N) is 1. The number of non-ortho nitro benzene ring substituents is 1. The zero-order valence-electron chi connectivity index (χ0n) is 21.8. The molecule has 0 unspecified atom stereocenters. The Morgan fingerprint density at radius 3 is 2.45 bits per heavy atom. The Morgan fingerprint density at radius 2 is 1.84 bits per heavy atom. The van der Waals surface area contributed by atoms with Crippen LogP contribution < -0.4 is 14.4 Å². The van der Waals surface area contributed by atoms with E-state index in [2.05, 4.69) is 5.32 Å². The van der Waals surface area contributed by atoms with E-state index in [4.69, 9.17) is 4.74 Å². The summed E-state index contributed by atoms with van der Waals surface area (Å²) in [4.78, 5) is 39.1. The van der Waals surface area contributed by atoms with E-state index in [-0.39, 0.29) is 29.9 Å². The van der Waals surface area contributed by atoms with Crippen molar-refractivity contribution in [3.05, 3.63) is 64.2 Å². The van der Waals surface area contributed by atoms with E-state index >= 15 is 0 Å². The van der Waals surface area contributed by atoms with Crippen LogP contribution in [-0.4, -0.2) is 62.0 Å². The van der Waals surface area contributed by atoms with Crippen molar-refractivity contribution in [1.29, 1.82) is 0 Å². The zero-order chi connectivity index (χ0) is 27.9. The van der Waals surface area contributed by atoms with Crippen molar-refractivity contribution in [2.24, 2.45) is 0 Å². The molecule has 0 radical (unpaired) electrons. The second-order valence-corrected chi connectivity index (χ2v) is 11.2. The largest absolute Gasteiger partial charge is 0.497 e. The molecule has 0 saturated heterocycles. The van der Waals surface area contributed by atoms with Crippen molar-refractivity contribution < 1.29 is 27.7 Å². The average Bonchev–Trinajstić information content (AvgIpc) is 3.39. The van der Waals surface area contributed by atoms with E-state index in [1.165, 1.54) is 30.2 Å². The number of carbonyl (C=O) groups is 2. The summed E-state index contributed by atoms with van der Waals surface area (Å²) in [6.07, 6.45) is 5.04. The molecule has 1 atom stereocenters. The highest BCUT2D eigenvalue weighted by molar-refractivity contribution is 7.92. The van der Waals surface area contributed by atoms with Crippen LogP contribution in [0.3, 0.4) is 0 Å². The molecular weight excluding hydrogens is 512 g/mol. The van der Waals surface area contributed by atoms with E-state index in [0.717, 1.165) is 42.3 Å². The van der Waals surface area contributed by atoms with Gasteiger partial charge in [0.25, 0.3) is 5.69 Å². The number of carbonyl (C=O) groups excluding carboxylic acids is 2. The molecule has 12 heteroatoms. The molecule has 11 nitrogen and oxygen atoms in total. The van der Waals surface area contributed by atoms with Gasteiger partial charge in [-0.1, -0.05) is 38.0 Å². The van der Waals surface area contributed by atoms with Crippen molar-refractivity contribution in [1.82, 2.24) is 10.2 Å². The monoisotopic (exact) mass is 546 g/mol. The van der Waals surface area contributed by atoms with Crippen molar-refractivity contribution in [2.45, 2.75) is 57.7 Å². The molecular formula is C26H34N4O7S. The molecule has 0 aromatic heterocycles. The minimum atomic E-state index is -4.00. The molecule has 1 fully saturated rings. The van der Waals surface area contributed by atoms with Gasteiger partial charge in [0.05, 0.1) is 24.0 Å². The van der Waals surface area contributed by atoms with E-state index in [9.17, 15) is 28.1 Å². The lowest BCUT2D eigenvalue weighted by molar-refractivity contribution is -0.384. The average molecular weight is 547 g/mol. The Bertz CT molecular complexity index is 1260. The number of benzene rings is 2. The fraction of sp³-hybridized carbons (Fsp3) is 0.462. The van der Waals surface area contributed by atoms with Crippen LogP contribution in [0.5, 0.6) is 5.75 Å². The number of anilines is 1. The quantitative estimate of drug-likeness (QED) is 0.318. The number of hydrogen-bond donors (Lipinski definition) is 1. The number of hydrogen-bond acceptors (Lipinski definition) is 7. The van der Waals surface area contributed by atoms with Crippen LogP contribution in [0.2, 0.25) is 0 Å². The van der Waals surface area contributed by atoms with Gasteiger partial charge in [-0.15, -0.1) is 0 Å². The van der Waals surface area contributed by atoms with E-state index < -0.39 is 33.4 Å². The predicted octanol–water partition coefficient (Wildman–Crippen LogP) is 3.24. The summed E-state index contributed by atoms with van der Waals surface area (Å²) < 4.78 is 31.5. The van der Waals surface area contributed by atoms with Crippen LogP contribution in [0.4, 0.5) is 11.4 Å². The molecule has 0 heterocycles. The summed E-state index contributed by atoms with van der Waals surface area (Å²) in [6, 6.07) is 11.3. The Labute approximate surface area is 223 Å². The van der Waals surface area contributed by atoms with Crippen LogP contribution >= 0.6 is 0 Å².